The van der Waals surface area contributed by atoms with Gasteiger partial charge in [-0.15, -0.1) is 0 Å². The van der Waals surface area contributed by atoms with E-state index in [1.54, 1.807) is 0 Å². The van der Waals surface area contributed by atoms with Gasteiger partial charge < -0.3 is 18.9 Å². The number of epoxide rings is 4. The highest BCUT2D eigenvalue weighted by Gasteiger charge is 2.25. The van der Waals surface area contributed by atoms with Crippen LogP contribution in [0.5, 0.6) is 0 Å². The van der Waals surface area contributed by atoms with Crippen LogP contribution in [0.1, 0.15) is 0 Å². The third kappa shape index (κ3) is 18.3. The summed E-state index contributed by atoms with van der Waals surface area (Å²) >= 11 is 17.1. The molecular weight excluding hydrogens is 633 g/mol. The summed E-state index contributed by atoms with van der Waals surface area (Å²) in [6.45, 7) is 3.95. The third-order valence-electron chi connectivity index (χ3n) is 6.31. The van der Waals surface area contributed by atoms with Crippen LogP contribution < -0.4 is 0 Å². The van der Waals surface area contributed by atoms with E-state index in [-0.39, 0.29) is 0 Å². The maximum absolute atomic E-state index is 5.37. The first-order chi connectivity index (χ1) is 18.9. The van der Waals surface area contributed by atoms with Crippen LogP contribution in [-0.4, -0.2) is 143 Å². The molecule has 0 aromatic heterocycles. The second-order valence-electron chi connectivity index (χ2n) is 9.94. The van der Waals surface area contributed by atoms with Crippen molar-refractivity contribution in [3.8, 4) is 0 Å². The minimum atomic E-state index is 0.557. The second-order valence-corrected chi connectivity index (χ2v) is 19.1. The number of hydrogen-bond acceptors (Lipinski definition) is 12. The number of rotatable bonds is 29. The van der Waals surface area contributed by atoms with Crippen molar-refractivity contribution in [1.82, 2.24) is 0 Å². The highest BCUT2D eigenvalue weighted by Crippen LogP contribution is 2.30. The zero-order chi connectivity index (χ0) is 26.1. The monoisotopic (exact) mass is 678 g/mol. The summed E-state index contributed by atoms with van der Waals surface area (Å²) in [6, 6.07) is 0. The zero-order valence-electron chi connectivity index (χ0n) is 22.5. The topological polar surface area (TPSA) is 50.1 Å². The van der Waals surface area contributed by atoms with Crippen LogP contribution in [0, 0.1) is 11.8 Å². The molecule has 0 aromatic carbocycles. The molecule has 0 spiro atoms. The molecule has 38 heavy (non-hydrogen) atoms. The number of thioether (sulfide) groups is 8. The van der Waals surface area contributed by atoms with Crippen LogP contribution in [0.4, 0.5) is 0 Å². The Bertz CT molecular complexity index is 496. The molecule has 4 heterocycles. The predicted octanol–water partition coefficient (Wildman–Crippen LogP) is 5.68. The summed E-state index contributed by atoms with van der Waals surface area (Å²) < 4.78 is 21.5. The fourth-order valence-corrected chi connectivity index (χ4v) is 13.6. The van der Waals surface area contributed by atoms with E-state index in [1.807, 2.05) is 0 Å². The van der Waals surface area contributed by atoms with Crippen LogP contribution in [0.25, 0.3) is 0 Å². The van der Waals surface area contributed by atoms with E-state index in [2.05, 4.69) is 94.1 Å². The maximum atomic E-state index is 5.37. The largest absolute Gasteiger partial charge is 0.372 e. The molecule has 222 valence electrons. The highest BCUT2D eigenvalue weighted by molar-refractivity contribution is 8.04. The van der Waals surface area contributed by atoms with Crippen molar-refractivity contribution in [1.29, 1.82) is 0 Å². The molecular formula is C26H46O4S8. The van der Waals surface area contributed by atoms with Gasteiger partial charge in [0.1, 0.15) is 0 Å². The van der Waals surface area contributed by atoms with Gasteiger partial charge in [0.05, 0.1) is 50.8 Å². The third-order valence-corrected chi connectivity index (χ3v) is 16.4. The van der Waals surface area contributed by atoms with Gasteiger partial charge >= 0.3 is 0 Å². The van der Waals surface area contributed by atoms with Crippen molar-refractivity contribution >= 4 is 94.1 Å². The van der Waals surface area contributed by atoms with Crippen molar-refractivity contribution in [2.24, 2.45) is 11.8 Å². The fraction of sp³-hybridized carbons (Fsp3) is 1.00. The van der Waals surface area contributed by atoms with E-state index in [9.17, 15) is 0 Å². The first-order valence-electron chi connectivity index (χ1n) is 13.9. The van der Waals surface area contributed by atoms with Crippen molar-refractivity contribution in [3.63, 3.8) is 0 Å². The standard InChI is InChI=1S/C26H46O4S8/c1(5-35-17-23-9-27-23)31-13-21(14-32-2-6-36-18-24-10-28-24)22(15-33-3-7-37-19-25-11-29-25)16-34-4-8-38-20-26-12-30-26/h21-26H,1-20H2. The summed E-state index contributed by atoms with van der Waals surface area (Å²) in [5.41, 5.74) is 0. The number of hydrogen-bond donors (Lipinski definition) is 0. The van der Waals surface area contributed by atoms with Crippen LogP contribution in [0.15, 0.2) is 0 Å². The molecule has 4 aliphatic rings. The summed E-state index contributed by atoms with van der Waals surface area (Å²) in [5, 5.41) is 0. The first-order valence-corrected chi connectivity index (χ1v) is 23.2. The van der Waals surface area contributed by atoms with Crippen LogP contribution in [-0.2, 0) is 18.9 Å². The molecule has 0 saturated carbocycles. The highest BCUT2D eigenvalue weighted by atomic mass is 32.2. The first kappa shape index (κ1) is 33.5. The molecule has 4 nitrogen and oxygen atoms in total. The Hall–Kier alpha value is 2.64. The van der Waals surface area contributed by atoms with Gasteiger partial charge in [-0.05, 0) is 34.8 Å². The van der Waals surface area contributed by atoms with E-state index in [0.29, 0.717) is 24.4 Å². The molecule has 4 fully saturated rings. The molecule has 4 atom stereocenters. The zero-order valence-corrected chi connectivity index (χ0v) is 29.0. The van der Waals surface area contributed by atoms with Crippen molar-refractivity contribution in [3.05, 3.63) is 0 Å². The molecule has 4 aliphatic heterocycles. The van der Waals surface area contributed by atoms with Crippen LogP contribution >= 0.6 is 94.1 Å². The molecule has 4 rings (SSSR count). The lowest BCUT2D eigenvalue weighted by Crippen LogP contribution is -2.25. The van der Waals surface area contributed by atoms with Crippen LogP contribution in [0.3, 0.4) is 0 Å². The SMILES string of the molecule is C(CSCC(CSCCSCC1CO1)C(CSCCSCC1CO1)CSCCSCC1CO1)SCC1CO1. The summed E-state index contributed by atoms with van der Waals surface area (Å²) in [7, 11) is 0. The molecule has 0 radical (unpaired) electrons. The van der Waals surface area contributed by atoms with Crippen molar-refractivity contribution in [2.75, 3.05) is 118 Å². The van der Waals surface area contributed by atoms with Gasteiger partial charge in [0.25, 0.3) is 0 Å². The summed E-state index contributed by atoms with van der Waals surface area (Å²) in [5.74, 6) is 21.9. The molecule has 0 N–H and O–H groups in total. The molecule has 0 aromatic rings. The Morgan fingerprint density at radius 1 is 0.368 bits per heavy atom. The average Bonchev–Trinajstić information content (AvgIpc) is 3.76. The van der Waals surface area contributed by atoms with E-state index >= 15 is 0 Å². The second kappa shape index (κ2) is 21.4. The maximum Gasteiger partial charge on any atom is 0.0900 e. The Labute approximate surface area is 265 Å². The van der Waals surface area contributed by atoms with E-state index < -0.39 is 0 Å². The van der Waals surface area contributed by atoms with Gasteiger partial charge in [0.2, 0.25) is 0 Å². The Morgan fingerprint density at radius 2 is 0.579 bits per heavy atom. The molecule has 0 amide bonds. The molecule has 4 unspecified atom stereocenters. The van der Waals surface area contributed by atoms with Gasteiger partial charge in [0, 0.05) is 69.0 Å². The molecule has 0 aliphatic carbocycles. The fourth-order valence-electron chi connectivity index (χ4n) is 3.57. The van der Waals surface area contributed by atoms with Crippen molar-refractivity contribution in [2.45, 2.75) is 24.4 Å². The van der Waals surface area contributed by atoms with Gasteiger partial charge in [-0.3, -0.25) is 0 Å². The lowest BCUT2D eigenvalue weighted by molar-refractivity contribution is 0.426. The lowest BCUT2D eigenvalue weighted by Gasteiger charge is -2.27. The quantitative estimate of drug-likeness (QED) is 0.0723. The summed E-state index contributed by atoms with van der Waals surface area (Å²) in [4.78, 5) is 0. The molecule has 4 saturated heterocycles. The Morgan fingerprint density at radius 3 is 0.789 bits per heavy atom. The molecule has 0 bridgehead atoms. The van der Waals surface area contributed by atoms with E-state index in [4.69, 9.17) is 18.9 Å². The lowest BCUT2D eigenvalue weighted by atomic mass is 10.00. The molecule has 12 heteroatoms. The van der Waals surface area contributed by atoms with Crippen LogP contribution in [0.2, 0.25) is 0 Å². The van der Waals surface area contributed by atoms with Gasteiger partial charge in [-0.25, -0.2) is 0 Å². The summed E-state index contributed by atoms with van der Waals surface area (Å²) in [6.07, 6.45) is 2.23. The van der Waals surface area contributed by atoms with Gasteiger partial charge in [-0.1, -0.05) is 0 Å². The van der Waals surface area contributed by atoms with E-state index in [1.165, 1.54) is 92.0 Å². The smallest absolute Gasteiger partial charge is 0.0900 e. The van der Waals surface area contributed by atoms with Gasteiger partial charge in [-0.2, -0.15) is 94.1 Å². The minimum Gasteiger partial charge on any atom is -0.372 e. The Kier molecular flexibility index (Phi) is 18.8. The number of ether oxygens (including phenoxy) is 4. The Balaban J connectivity index is 1.14. The normalized spacial score (nSPS) is 26.8. The predicted molar refractivity (Wildman–Crippen MR) is 185 cm³/mol. The van der Waals surface area contributed by atoms with Crippen molar-refractivity contribution < 1.29 is 18.9 Å². The minimum absolute atomic E-state index is 0.557. The average molecular weight is 679 g/mol. The van der Waals surface area contributed by atoms with Gasteiger partial charge in [0.15, 0.2) is 0 Å². The van der Waals surface area contributed by atoms with E-state index in [0.717, 1.165) is 38.3 Å².